The highest BCUT2D eigenvalue weighted by Gasteiger charge is 2.22. The number of halogens is 3. The normalized spacial score (nSPS) is 16.7. The lowest BCUT2D eigenvalue weighted by Crippen LogP contribution is -2.39. The quantitative estimate of drug-likeness (QED) is 0.870. The molecule has 1 aromatic rings. The Balaban J connectivity index is 0.00000242. The zero-order valence-corrected chi connectivity index (χ0v) is 13.2. The lowest BCUT2D eigenvalue weighted by Gasteiger charge is -2.24. The highest BCUT2D eigenvalue weighted by molar-refractivity contribution is 5.85. The SMILES string of the molecule is CC(NC(=O)C1CCNCC1)c1ccc(OC(F)F)cc1.Cl. The summed E-state index contributed by atoms with van der Waals surface area (Å²) in [4.78, 5) is 12.1. The molecule has 124 valence electrons. The second-order valence-electron chi connectivity index (χ2n) is 5.20. The van der Waals surface area contributed by atoms with Crippen LogP contribution in [-0.2, 0) is 4.79 Å². The average molecular weight is 335 g/mol. The first-order valence-corrected chi connectivity index (χ1v) is 7.12. The van der Waals surface area contributed by atoms with E-state index in [0.29, 0.717) is 0 Å². The van der Waals surface area contributed by atoms with Crippen LogP contribution in [0.4, 0.5) is 8.78 Å². The number of amides is 1. The topological polar surface area (TPSA) is 50.4 Å². The average Bonchev–Trinajstić information content (AvgIpc) is 2.48. The summed E-state index contributed by atoms with van der Waals surface area (Å²) in [5.41, 5.74) is 0.860. The summed E-state index contributed by atoms with van der Waals surface area (Å²) < 4.78 is 28.4. The molecular weight excluding hydrogens is 314 g/mol. The van der Waals surface area contributed by atoms with Crippen molar-refractivity contribution in [3.8, 4) is 5.75 Å². The zero-order chi connectivity index (χ0) is 15.2. The van der Waals surface area contributed by atoms with Crippen LogP contribution in [0, 0.1) is 5.92 Å². The molecule has 1 unspecified atom stereocenters. The monoisotopic (exact) mass is 334 g/mol. The second-order valence-corrected chi connectivity index (χ2v) is 5.20. The van der Waals surface area contributed by atoms with Gasteiger partial charge in [-0.25, -0.2) is 0 Å². The van der Waals surface area contributed by atoms with Crippen LogP contribution in [0.15, 0.2) is 24.3 Å². The molecule has 0 aromatic heterocycles. The smallest absolute Gasteiger partial charge is 0.387 e. The van der Waals surface area contributed by atoms with Crippen molar-refractivity contribution in [2.24, 2.45) is 5.92 Å². The van der Waals surface area contributed by atoms with Crippen molar-refractivity contribution in [3.63, 3.8) is 0 Å². The van der Waals surface area contributed by atoms with Crippen molar-refractivity contribution >= 4 is 18.3 Å². The predicted octanol–water partition coefficient (Wildman–Crippen LogP) is 2.89. The van der Waals surface area contributed by atoms with Gasteiger partial charge in [-0.2, -0.15) is 8.78 Å². The van der Waals surface area contributed by atoms with Crippen molar-refractivity contribution in [1.82, 2.24) is 10.6 Å². The van der Waals surface area contributed by atoms with E-state index in [1.165, 1.54) is 12.1 Å². The third-order valence-electron chi connectivity index (χ3n) is 3.67. The van der Waals surface area contributed by atoms with Gasteiger partial charge in [0.2, 0.25) is 5.91 Å². The third-order valence-corrected chi connectivity index (χ3v) is 3.67. The van der Waals surface area contributed by atoms with Crippen molar-refractivity contribution in [1.29, 1.82) is 0 Å². The maximum Gasteiger partial charge on any atom is 0.387 e. The number of hydrogen-bond donors (Lipinski definition) is 2. The largest absolute Gasteiger partial charge is 0.435 e. The van der Waals surface area contributed by atoms with E-state index < -0.39 is 6.61 Å². The third kappa shape index (κ3) is 5.42. The first-order chi connectivity index (χ1) is 10.1. The molecule has 7 heteroatoms. The maximum atomic E-state index is 12.1. The molecule has 1 fully saturated rings. The highest BCUT2D eigenvalue weighted by Crippen LogP contribution is 2.20. The fraction of sp³-hybridized carbons (Fsp3) is 0.533. The molecule has 2 rings (SSSR count). The zero-order valence-electron chi connectivity index (χ0n) is 12.4. The minimum atomic E-state index is -2.83. The molecule has 1 atom stereocenters. The second kappa shape index (κ2) is 8.90. The summed E-state index contributed by atoms with van der Waals surface area (Å²) in [6, 6.07) is 6.17. The Labute approximate surface area is 135 Å². The molecule has 0 aliphatic carbocycles. The van der Waals surface area contributed by atoms with E-state index in [4.69, 9.17) is 0 Å². The number of carbonyl (C=O) groups excluding carboxylic acids is 1. The Hall–Kier alpha value is -1.40. The maximum absolute atomic E-state index is 12.1. The number of benzene rings is 1. The van der Waals surface area contributed by atoms with Crippen LogP contribution in [0.2, 0.25) is 0 Å². The van der Waals surface area contributed by atoms with E-state index in [1.54, 1.807) is 12.1 Å². The molecule has 1 aliphatic rings. The summed E-state index contributed by atoms with van der Waals surface area (Å²) in [5, 5.41) is 6.19. The molecule has 1 amide bonds. The number of rotatable bonds is 5. The van der Waals surface area contributed by atoms with Crippen molar-refractivity contribution < 1.29 is 18.3 Å². The van der Waals surface area contributed by atoms with Crippen LogP contribution in [0.25, 0.3) is 0 Å². The van der Waals surface area contributed by atoms with Gasteiger partial charge in [0.1, 0.15) is 5.75 Å². The van der Waals surface area contributed by atoms with Crippen LogP contribution in [0.1, 0.15) is 31.4 Å². The molecule has 22 heavy (non-hydrogen) atoms. The summed E-state index contributed by atoms with van der Waals surface area (Å²) in [6.07, 6.45) is 1.69. The van der Waals surface area contributed by atoms with Gasteiger partial charge in [0.25, 0.3) is 0 Å². The Morgan fingerprint density at radius 3 is 2.41 bits per heavy atom. The summed E-state index contributed by atoms with van der Waals surface area (Å²) in [7, 11) is 0. The van der Waals surface area contributed by atoms with Gasteiger partial charge in [0, 0.05) is 5.92 Å². The number of alkyl halides is 2. The number of nitrogens with one attached hydrogen (secondary N) is 2. The number of piperidine rings is 1. The molecule has 4 nitrogen and oxygen atoms in total. The lowest BCUT2D eigenvalue weighted by atomic mass is 9.96. The highest BCUT2D eigenvalue weighted by atomic mass is 35.5. The molecule has 0 spiro atoms. The van der Waals surface area contributed by atoms with Gasteiger partial charge in [-0.15, -0.1) is 12.4 Å². The molecule has 1 aliphatic heterocycles. The van der Waals surface area contributed by atoms with Gasteiger partial charge in [0.05, 0.1) is 6.04 Å². The van der Waals surface area contributed by atoms with E-state index in [2.05, 4.69) is 15.4 Å². The van der Waals surface area contributed by atoms with Gasteiger partial charge in [-0.1, -0.05) is 12.1 Å². The van der Waals surface area contributed by atoms with Gasteiger partial charge in [0.15, 0.2) is 0 Å². The van der Waals surface area contributed by atoms with E-state index in [-0.39, 0.29) is 36.0 Å². The first kappa shape index (κ1) is 18.6. The number of carbonyl (C=O) groups is 1. The summed E-state index contributed by atoms with van der Waals surface area (Å²) >= 11 is 0. The minimum absolute atomic E-state index is 0. The Bertz CT molecular complexity index is 465. The fourth-order valence-corrected chi connectivity index (χ4v) is 2.44. The van der Waals surface area contributed by atoms with Gasteiger partial charge < -0.3 is 15.4 Å². The van der Waals surface area contributed by atoms with Crippen molar-refractivity contribution in [2.45, 2.75) is 32.4 Å². The van der Waals surface area contributed by atoms with Crippen LogP contribution >= 0.6 is 12.4 Å². The lowest BCUT2D eigenvalue weighted by molar-refractivity contribution is -0.126. The number of hydrogen-bond acceptors (Lipinski definition) is 3. The van der Waals surface area contributed by atoms with E-state index in [9.17, 15) is 13.6 Å². The van der Waals surface area contributed by atoms with Crippen LogP contribution in [-0.4, -0.2) is 25.6 Å². The molecular formula is C15H21ClF2N2O2. The van der Waals surface area contributed by atoms with Crippen molar-refractivity contribution in [3.05, 3.63) is 29.8 Å². The van der Waals surface area contributed by atoms with E-state index >= 15 is 0 Å². The van der Waals surface area contributed by atoms with Crippen LogP contribution in [0.5, 0.6) is 5.75 Å². The summed E-state index contributed by atoms with van der Waals surface area (Å²) in [5.74, 6) is 0.220. The summed E-state index contributed by atoms with van der Waals surface area (Å²) in [6.45, 7) is 0.785. The molecule has 1 heterocycles. The molecule has 1 aromatic carbocycles. The predicted molar refractivity (Wildman–Crippen MR) is 82.5 cm³/mol. The standard InChI is InChI=1S/C15H20F2N2O2.ClH/c1-10(19-14(20)12-6-8-18-9-7-12)11-2-4-13(5-3-11)21-15(16)17;/h2-5,10,12,15,18H,6-9H2,1H3,(H,19,20);1H. The van der Waals surface area contributed by atoms with Gasteiger partial charge in [-0.3, -0.25) is 4.79 Å². The van der Waals surface area contributed by atoms with Crippen LogP contribution < -0.4 is 15.4 Å². The molecule has 0 bridgehead atoms. The van der Waals surface area contributed by atoms with E-state index in [0.717, 1.165) is 31.5 Å². The molecule has 0 radical (unpaired) electrons. The molecule has 0 saturated carbocycles. The van der Waals surface area contributed by atoms with Crippen LogP contribution in [0.3, 0.4) is 0 Å². The van der Waals surface area contributed by atoms with Gasteiger partial charge in [-0.05, 0) is 50.6 Å². The minimum Gasteiger partial charge on any atom is -0.435 e. The Kier molecular flexibility index (Phi) is 7.55. The van der Waals surface area contributed by atoms with Gasteiger partial charge >= 0.3 is 6.61 Å². The van der Waals surface area contributed by atoms with E-state index in [1.807, 2.05) is 6.92 Å². The van der Waals surface area contributed by atoms with Crippen molar-refractivity contribution in [2.75, 3.05) is 13.1 Å². The molecule has 1 saturated heterocycles. The Morgan fingerprint density at radius 2 is 1.86 bits per heavy atom. The first-order valence-electron chi connectivity index (χ1n) is 7.12. The number of ether oxygens (including phenoxy) is 1. The fourth-order valence-electron chi connectivity index (χ4n) is 2.44. The molecule has 2 N–H and O–H groups in total. The Morgan fingerprint density at radius 1 is 1.27 bits per heavy atom.